The van der Waals surface area contributed by atoms with Gasteiger partial charge < -0.3 is 14.6 Å². The van der Waals surface area contributed by atoms with Gasteiger partial charge in [0.05, 0.1) is 6.10 Å². The molecule has 1 atom stereocenters. The van der Waals surface area contributed by atoms with Gasteiger partial charge >= 0.3 is 0 Å². The molecule has 1 aliphatic rings. The van der Waals surface area contributed by atoms with Gasteiger partial charge in [0.25, 0.3) is 0 Å². The van der Waals surface area contributed by atoms with Gasteiger partial charge in [-0.05, 0) is 24.1 Å². The standard InChI is InChI=1S/C17H23NO3/c1-3-8-18(9-4-2)10-7-15(19)14-5-6-16-17(13-14)21-12-11-20-16/h3-6,13,15,19H,1-2,7-12H2. The number of aliphatic hydroxyl groups excluding tert-OH is 1. The summed E-state index contributed by atoms with van der Waals surface area (Å²) in [5.41, 5.74) is 0.858. The summed E-state index contributed by atoms with van der Waals surface area (Å²) < 4.78 is 11.0. The van der Waals surface area contributed by atoms with Gasteiger partial charge in [0, 0.05) is 19.6 Å². The quantitative estimate of drug-likeness (QED) is 0.747. The van der Waals surface area contributed by atoms with Gasteiger partial charge in [-0.2, -0.15) is 0 Å². The Morgan fingerprint density at radius 3 is 2.48 bits per heavy atom. The first kappa shape index (κ1) is 15.6. The van der Waals surface area contributed by atoms with E-state index in [2.05, 4.69) is 18.1 Å². The fourth-order valence-corrected chi connectivity index (χ4v) is 2.36. The molecule has 0 bridgehead atoms. The summed E-state index contributed by atoms with van der Waals surface area (Å²) in [5.74, 6) is 1.46. The number of hydrogen-bond donors (Lipinski definition) is 1. The molecule has 4 nitrogen and oxygen atoms in total. The third-order valence-corrected chi connectivity index (χ3v) is 3.44. The van der Waals surface area contributed by atoms with E-state index in [1.807, 2.05) is 30.4 Å². The van der Waals surface area contributed by atoms with Crippen molar-refractivity contribution in [3.05, 3.63) is 49.1 Å². The van der Waals surface area contributed by atoms with E-state index in [-0.39, 0.29) is 0 Å². The molecule has 1 aliphatic heterocycles. The van der Waals surface area contributed by atoms with E-state index in [9.17, 15) is 5.11 Å². The van der Waals surface area contributed by atoms with Gasteiger partial charge in [0.1, 0.15) is 13.2 Å². The van der Waals surface area contributed by atoms with Crippen molar-refractivity contribution < 1.29 is 14.6 Å². The molecule has 1 N–H and O–H groups in total. The molecule has 0 spiro atoms. The number of hydrogen-bond acceptors (Lipinski definition) is 4. The van der Waals surface area contributed by atoms with Crippen LogP contribution in [0.2, 0.25) is 0 Å². The summed E-state index contributed by atoms with van der Waals surface area (Å²) in [4.78, 5) is 2.18. The van der Waals surface area contributed by atoms with Crippen LogP contribution in [0, 0.1) is 0 Å². The first-order chi connectivity index (χ1) is 10.2. The van der Waals surface area contributed by atoms with E-state index in [0.717, 1.165) is 30.9 Å². The molecule has 0 aliphatic carbocycles. The maximum absolute atomic E-state index is 10.3. The van der Waals surface area contributed by atoms with Gasteiger partial charge in [-0.1, -0.05) is 18.2 Å². The minimum absolute atomic E-state index is 0.516. The normalized spacial score (nSPS) is 14.8. The molecule has 0 amide bonds. The fourth-order valence-electron chi connectivity index (χ4n) is 2.36. The van der Waals surface area contributed by atoms with Crippen molar-refractivity contribution >= 4 is 0 Å². The van der Waals surface area contributed by atoms with Crippen molar-refractivity contribution in [1.82, 2.24) is 4.90 Å². The van der Waals surface area contributed by atoms with Crippen LogP contribution < -0.4 is 9.47 Å². The minimum Gasteiger partial charge on any atom is -0.486 e. The molecule has 0 fully saturated rings. The zero-order valence-corrected chi connectivity index (χ0v) is 12.3. The molecular formula is C17H23NO3. The van der Waals surface area contributed by atoms with E-state index in [1.54, 1.807) is 0 Å². The number of ether oxygens (including phenoxy) is 2. The SMILES string of the molecule is C=CCN(CC=C)CCC(O)c1ccc2c(c1)OCCO2. The average Bonchev–Trinajstić information content (AvgIpc) is 2.52. The predicted octanol–water partition coefficient (Wildman–Crippen LogP) is 2.56. The van der Waals surface area contributed by atoms with Crippen LogP contribution in [0.25, 0.3) is 0 Å². The maximum Gasteiger partial charge on any atom is 0.161 e. The Kier molecular flexibility index (Phi) is 5.84. The lowest BCUT2D eigenvalue weighted by Crippen LogP contribution is -2.26. The highest BCUT2D eigenvalue weighted by Crippen LogP contribution is 2.33. The van der Waals surface area contributed by atoms with Gasteiger partial charge in [-0.3, -0.25) is 4.90 Å². The van der Waals surface area contributed by atoms with Gasteiger partial charge in [0.15, 0.2) is 11.5 Å². The summed E-state index contributed by atoms with van der Waals surface area (Å²) in [7, 11) is 0. The van der Waals surface area contributed by atoms with Gasteiger partial charge in [0.2, 0.25) is 0 Å². The second-order valence-corrected chi connectivity index (χ2v) is 5.04. The molecule has 0 radical (unpaired) electrons. The molecule has 4 heteroatoms. The number of rotatable bonds is 8. The Balaban J connectivity index is 1.94. The first-order valence-corrected chi connectivity index (χ1v) is 7.26. The lowest BCUT2D eigenvalue weighted by molar-refractivity contribution is 0.145. The van der Waals surface area contributed by atoms with Crippen LogP contribution in [0.5, 0.6) is 11.5 Å². The molecular weight excluding hydrogens is 266 g/mol. The molecule has 2 rings (SSSR count). The summed E-state index contributed by atoms with van der Waals surface area (Å²) in [6, 6.07) is 5.62. The summed E-state index contributed by atoms with van der Waals surface area (Å²) in [6.45, 7) is 11.0. The lowest BCUT2D eigenvalue weighted by Gasteiger charge is -2.22. The van der Waals surface area contributed by atoms with Crippen molar-refractivity contribution in [2.75, 3.05) is 32.8 Å². The van der Waals surface area contributed by atoms with Crippen LogP contribution in [0.15, 0.2) is 43.5 Å². The average molecular weight is 289 g/mol. The third-order valence-electron chi connectivity index (χ3n) is 3.44. The van der Waals surface area contributed by atoms with Crippen molar-refractivity contribution in [2.24, 2.45) is 0 Å². The van der Waals surface area contributed by atoms with Crippen molar-refractivity contribution in [2.45, 2.75) is 12.5 Å². The molecule has 1 heterocycles. The molecule has 1 aromatic carbocycles. The zero-order valence-electron chi connectivity index (χ0n) is 12.3. The highest BCUT2D eigenvalue weighted by atomic mass is 16.6. The number of aliphatic hydroxyl groups is 1. The van der Waals surface area contributed by atoms with Gasteiger partial charge in [-0.15, -0.1) is 13.2 Å². The van der Waals surface area contributed by atoms with Crippen LogP contribution >= 0.6 is 0 Å². The van der Waals surface area contributed by atoms with E-state index < -0.39 is 6.10 Å². The number of benzene rings is 1. The highest BCUT2D eigenvalue weighted by Gasteiger charge is 2.16. The smallest absolute Gasteiger partial charge is 0.161 e. The Morgan fingerprint density at radius 1 is 1.14 bits per heavy atom. The van der Waals surface area contributed by atoms with Gasteiger partial charge in [-0.25, -0.2) is 0 Å². The molecule has 0 saturated carbocycles. The summed E-state index contributed by atoms with van der Waals surface area (Å²) >= 11 is 0. The molecule has 1 unspecified atom stereocenters. The van der Waals surface area contributed by atoms with Crippen molar-refractivity contribution in [1.29, 1.82) is 0 Å². The molecule has 21 heavy (non-hydrogen) atoms. The number of fused-ring (bicyclic) bond motifs is 1. The monoisotopic (exact) mass is 289 g/mol. The van der Waals surface area contributed by atoms with Crippen LogP contribution in [0.4, 0.5) is 0 Å². The van der Waals surface area contributed by atoms with Crippen LogP contribution in [-0.4, -0.2) is 42.9 Å². The van der Waals surface area contributed by atoms with Crippen LogP contribution in [0.3, 0.4) is 0 Å². The number of nitrogens with zero attached hydrogens (tertiary/aromatic N) is 1. The molecule has 0 aromatic heterocycles. The predicted molar refractivity (Wildman–Crippen MR) is 83.8 cm³/mol. The third kappa shape index (κ3) is 4.34. The minimum atomic E-state index is -0.516. The Hall–Kier alpha value is -1.78. The summed E-state index contributed by atoms with van der Waals surface area (Å²) in [5, 5.41) is 10.3. The largest absolute Gasteiger partial charge is 0.486 e. The first-order valence-electron chi connectivity index (χ1n) is 7.26. The summed E-state index contributed by atoms with van der Waals surface area (Å²) in [6.07, 6.45) is 3.86. The molecule has 1 aromatic rings. The van der Waals surface area contributed by atoms with E-state index in [0.29, 0.717) is 25.4 Å². The lowest BCUT2D eigenvalue weighted by atomic mass is 10.1. The topological polar surface area (TPSA) is 41.9 Å². The second-order valence-electron chi connectivity index (χ2n) is 5.04. The Morgan fingerprint density at radius 2 is 1.81 bits per heavy atom. The van der Waals surface area contributed by atoms with Crippen LogP contribution in [-0.2, 0) is 0 Å². The van der Waals surface area contributed by atoms with E-state index >= 15 is 0 Å². The maximum atomic E-state index is 10.3. The Bertz CT molecular complexity index is 477. The van der Waals surface area contributed by atoms with E-state index in [1.165, 1.54) is 0 Å². The Labute approximate surface area is 126 Å². The fraction of sp³-hybridized carbons (Fsp3) is 0.412. The van der Waals surface area contributed by atoms with Crippen molar-refractivity contribution in [3.63, 3.8) is 0 Å². The second kappa shape index (κ2) is 7.86. The molecule has 0 saturated heterocycles. The zero-order chi connectivity index (χ0) is 15.1. The van der Waals surface area contributed by atoms with E-state index in [4.69, 9.17) is 9.47 Å². The highest BCUT2D eigenvalue weighted by molar-refractivity contribution is 5.44. The molecule has 114 valence electrons. The van der Waals surface area contributed by atoms with Crippen molar-refractivity contribution in [3.8, 4) is 11.5 Å². The van der Waals surface area contributed by atoms with Crippen LogP contribution in [0.1, 0.15) is 18.1 Å².